The number of hydrogen-bond acceptors (Lipinski definition) is 4. The van der Waals surface area contributed by atoms with E-state index in [1.165, 1.54) is 4.90 Å². The van der Waals surface area contributed by atoms with Gasteiger partial charge in [0.25, 0.3) is 5.91 Å². The molecule has 1 aromatic carbocycles. The molecule has 1 atom stereocenters. The number of hydrogen-bond donors (Lipinski definition) is 1. The van der Waals surface area contributed by atoms with Crippen molar-refractivity contribution in [2.24, 2.45) is 0 Å². The fourth-order valence-corrected chi connectivity index (χ4v) is 2.75. The molecule has 0 bridgehead atoms. The van der Waals surface area contributed by atoms with Crippen molar-refractivity contribution in [3.63, 3.8) is 0 Å². The van der Waals surface area contributed by atoms with E-state index in [0.717, 1.165) is 22.3 Å². The van der Waals surface area contributed by atoms with Crippen molar-refractivity contribution >= 4 is 33.4 Å². The van der Waals surface area contributed by atoms with Crippen LogP contribution in [0.1, 0.15) is 19.8 Å². The highest BCUT2D eigenvalue weighted by Gasteiger charge is 2.37. The zero-order valence-electron chi connectivity index (χ0n) is 11.5. The molecule has 1 unspecified atom stereocenters. The van der Waals surface area contributed by atoms with Crippen molar-refractivity contribution < 1.29 is 14.3 Å². The molecule has 0 spiro atoms. The van der Waals surface area contributed by atoms with E-state index in [2.05, 4.69) is 21.2 Å². The van der Waals surface area contributed by atoms with Gasteiger partial charge in [-0.3, -0.25) is 14.5 Å². The lowest BCUT2D eigenvalue weighted by atomic mass is 10.2. The molecule has 108 valence electrons. The summed E-state index contributed by atoms with van der Waals surface area (Å²) in [5, 5.41) is 3.10. The Morgan fingerprint density at radius 2 is 2.20 bits per heavy atom. The Kier molecular flexibility index (Phi) is 4.65. The van der Waals surface area contributed by atoms with Crippen LogP contribution in [0.25, 0.3) is 0 Å². The number of carbonyl (C=O) groups is 2. The lowest BCUT2D eigenvalue weighted by molar-refractivity contribution is -0.138. The highest BCUT2D eigenvalue weighted by molar-refractivity contribution is 9.10. The molecule has 2 rings (SSSR count). The third-order valence-electron chi connectivity index (χ3n) is 3.18. The van der Waals surface area contributed by atoms with Gasteiger partial charge in [0.15, 0.2) is 0 Å². The molecule has 1 heterocycles. The number of benzene rings is 1. The van der Waals surface area contributed by atoms with Gasteiger partial charge in [-0.05, 0) is 40.5 Å². The van der Waals surface area contributed by atoms with E-state index in [4.69, 9.17) is 4.74 Å². The molecule has 1 saturated heterocycles. The molecule has 0 radical (unpaired) electrons. The van der Waals surface area contributed by atoms with Gasteiger partial charge in [-0.2, -0.15) is 0 Å². The van der Waals surface area contributed by atoms with Crippen LogP contribution in [-0.4, -0.2) is 36.4 Å². The maximum absolute atomic E-state index is 12.1. The summed E-state index contributed by atoms with van der Waals surface area (Å²) < 4.78 is 5.95. The number of imide groups is 1. The van der Waals surface area contributed by atoms with E-state index >= 15 is 0 Å². The van der Waals surface area contributed by atoms with Gasteiger partial charge in [-0.15, -0.1) is 0 Å². The molecule has 1 aliphatic rings. The van der Waals surface area contributed by atoms with Gasteiger partial charge in [0.1, 0.15) is 11.8 Å². The van der Waals surface area contributed by atoms with Crippen LogP contribution in [0, 0.1) is 0 Å². The average Bonchev–Trinajstić information content (AvgIpc) is 2.67. The lowest BCUT2D eigenvalue weighted by Gasteiger charge is -2.15. The summed E-state index contributed by atoms with van der Waals surface area (Å²) in [5.41, 5.74) is 0.780. The van der Waals surface area contributed by atoms with E-state index in [1.807, 2.05) is 19.1 Å². The molecule has 1 aromatic rings. The summed E-state index contributed by atoms with van der Waals surface area (Å²) >= 11 is 3.39. The standard InChI is InChI=1S/C14H17BrN2O3/c1-3-6-17-13(18)8-11(14(17)19)16-9-4-5-12(20-2)10(15)7-9/h4-5,7,11,16H,3,6,8H2,1-2H3. The van der Waals surface area contributed by atoms with E-state index in [9.17, 15) is 9.59 Å². The van der Waals surface area contributed by atoms with Gasteiger partial charge < -0.3 is 10.1 Å². The second kappa shape index (κ2) is 6.26. The van der Waals surface area contributed by atoms with Crippen molar-refractivity contribution in [1.29, 1.82) is 0 Å². The molecule has 5 nitrogen and oxygen atoms in total. The van der Waals surface area contributed by atoms with Crippen molar-refractivity contribution in [2.75, 3.05) is 19.0 Å². The molecule has 0 aliphatic carbocycles. The Morgan fingerprint density at radius 3 is 2.80 bits per heavy atom. The summed E-state index contributed by atoms with van der Waals surface area (Å²) in [6.45, 7) is 2.43. The number of nitrogens with zero attached hydrogens (tertiary/aromatic N) is 1. The molecule has 6 heteroatoms. The fraction of sp³-hybridized carbons (Fsp3) is 0.429. The summed E-state index contributed by atoms with van der Waals surface area (Å²) in [6.07, 6.45) is 0.987. The second-order valence-electron chi connectivity index (χ2n) is 4.63. The van der Waals surface area contributed by atoms with E-state index in [1.54, 1.807) is 13.2 Å². The van der Waals surface area contributed by atoms with E-state index in [-0.39, 0.29) is 18.2 Å². The monoisotopic (exact) mass is 340 g/mol. The predicted octanol–water partition coefficient (Wildman–Crippen LogP) is 2.41. The number of ether oxygens (including phenoxy) is 1. The van der Waals surface area contributed by atoms with Crippen LogP contribution in [0.3, 0.4) is 0 Å². The molecule has 20 heavy (non-hydrogen) atoms. The molecule has 1 fully saturated rings. The van der Waals surface area contributed by atoms with Crippen LogP contribution in [0.15, 0.2) is 22.7 Å². The number of carbonyl (C=O) groups excluding carboxylic acids is 2. The molecular formula is C14H17BrN2O3. The first-order valence-corrected chi connectivity index (χ1v) is 7.30. The van der Waals surface area contributed by atoms with Gasteiger partial charge in [0.2, 0.25) is 5.91 Å². The zero-order chi connectivity index (χ0) is 14.7. The van der Waals surface area contributed by atoms with Crippen LogP contribution in [0.5, 0.6) is 5.75 Å². The maximum atomic E-state index is 12.1. The number of methoxy groups -OCH3 is 1. The minimum absolute atomic E-state index is 0.109. The van der Waals surface area contributed by atoms with Crippen LogP contribution < -0.4 is 10.1 Å². The van der Waals surface area contributed by atoms with Gasteiger partial charge in [-0.25, -0.2) is 0 Å². The molecule has 2 amide bonds. The summed E-state index contributed by atoms with van der Waals surface area (Å²) in [4.78, 5) is 25.2. The number of nitrogens with one attached hydrogen (secondary N) is 1. The first-order chi connectivity index (χ1) is 9.56. The first kappa shape index (κ1) is 14.8. The summed E-state index contributed by atoms with van der Waals surface area (Å²) in [6, 6.07) is 4.98. The summed E-state index contributed by atoms with van der Waals surface area (Å²) in [7, 11) is 1.59. The molecule has 0 aromatic heterocycles. The highest BCUT2D eigenvalue weighted by Crippen LogP contribution is 2.29. The normalized spacial score (nSPS) is 18.6. The van der Waals surface area contributed by atoms with Crippen LogP contribution >= 0.6 is 15.9 Å². The number of anilines is 1. The highest BCUT2D eigenvalue weighted by atomic mass is 79.9. The van der Waals surface area contributed by atoms with E-state index < -0.39 is 6.04 Å². The second-order valence-corrected chi connectivity index (χ2v) is 5.49. The average molecular weight is 341 g/mol. The molecular weight excluding hydrogens is 324 g/mol. The topological polar surface area (TPSA) is 58.6 Å². The third kappa shape index (κ3) is 2.95. The fourth-order valence-electron chi connectivity index (χ4n) is 2.21. The van der Waals surface area contributed by atoms with Crippen LogP contribution in [0.2, 0.25) is 0 Å². The Hall–Kier alpha value is -1.56. The predicted molar refractivity (Wildman–Crippen MR) is 79.7 cm³/mol. The molecule has 1 aliphatic heterocycles. The smallest absolute Gasteiger partial charge is 0.252 e. The SMILES string of the molecule is CCCN1C(=O)CC(Nc2ccc(OC)c(Br)c2)C1=O. The van der Waals surface area contributed by atoms with Crippen LogP contribution in [0.4, 0.5) is 5.69 Å². The number of amides is 2. The lowest BCUT2D eigenvalue weighted by Crippen LogP contribution is -2.35. The van der Waals surface area contributed by atoms with Crippen molar-refractivity contribution in [2.45, 2.75) is 25.8 Å². The molecule has 1 N–H and O–H groups in total. The van der Waals surface area contributed by atoms with Gasteiger partial charge in [0, 0.05) is 12.2 Å². The number of likely N-dealkylation sites (tertiary alicyclic amines) is 1. The number of halogens is 1. The van der Waals surface area contributed by atoms with E-state index in [0.29, 0.717) is 6.54 Å². The maximum Gasteiger partial charge on any atom is 0.252 e. The third-order valence-corrected chi connectivity index (χ3v) is 3.80. The molecule has 0 saturated carbocycles. The quantitative estimate of drug-likeness (QED) is 0.836. The van der Waals surface area contributed by atoms with Gasteiger partial charge in [0.05, 0.1) is 18.0 Å². The van der Waals surface area contributed by atoms with Crippen molar-refractivity contribution in [1.82, 2.24) is 4.90 Å². The minimum Gasteiger partial charge on any atom is -0.496 e. The van der Waals surface area contributed by atoms with Crippen LogP contribution in [-0.2, 0) is 9.59 Å². The summed E-state index contributed by atoms with van der Waals surface area (Å²) in [5.74, 6) is 0.461. The first-order valence-electron chi connectivity index (χ1n) is 6.51. The van der Waals surface area contributed by atoms with Gasteiger partial charge in [-0.1, -0.05) is 6.92 Å². The minimum atomic E-state index is -0.477. The Bertz CT molecular complexity index is 533. The Balaban J connectivity index is 2.09. The van der Waals surface area contributed by atoms with Crippen molar-refractivity contribution in [3.8, 4) is 5.75 Å². The Morgan fingerprint density at radius 1 is 1.45 bits per heavy atom. The number of rotatable bonds is 5. The van der Waals surface area contributed by atoms with Gasteiger partial charge >= 0.3 is 0 Å². The zero-order valence-corrected chi connectivity index (χ0v) is 13.1. The Labute approximate surface area is 126 Å². The van der Waals surface area contributed by atoms with Crippen molar-refractivity contribution in [3.05, 3.63) is 22.7 Å². The largest absolute Gasteiger partial charge is 0.496 e.